The zero-order valence-electron chi connectivity index (χ0n) is 18.8. The number of aromatic nitrogens is 3. The molecule has 4 rings (SSSR count). The Balaban J connectivity index is 2.03. The van der Waals surface area contributed by atoms with Crippen molar-refractivity contribution in [3.05, 3.63) is 46.8 Å². The minimum Gasteiger partial charge on any atom is -0.354 e. The van der Waals surface area contributed by atoms with Crippen LogP contribution in [0.15, 0.2) is 29.7 Å². The first-order valence-corrected chi connectivity index (χ1v) is 12.6. The molecule has 36 heavy (non-hydrogen) atoms. The molecule has 0 spiro atoms. The van der Waals surface area contributed by atoms with Crippen LogP contribution >= 0.6 is 11.3 Å². The number of halogens is 6. The summed E-state index contributed by atoms with van der Waals surface area (Å²) in [5.41, 5.74) is -5.72. The first kappa shape index (κ1) is 26.2. The monoisotopic (exact) mass is 552 g/mol. The smallest absolute Gasteiger partial charge is 0.354 e. The van der Waals surface area contributed by atoms with Gasteiger partial charge < -0.3 is 4.18 Å². The Morgan fingerprint density at radius 1 is 1.31 bits per heavy atom. The van der Waals surface area contributed by atoms with E-state index in [9.17, 15) is 34.8 Å². The van der Waals surface area contributed by atoms with Gasteiger partial charge in [-0.15, -0.1) is 11.3 Å². The highest BCUT2D eigenvalue weighted by molar-refractivity contribution is 7.88. The van der Waals surface area contributed by atoms with Gasteiger partial charge in [-0.3, -0.25) is 9.58 Å². The molecular weight excluding hydrogens is 534 g/mol. The lowest BCUT2D eigenvalue weighted by molar-refractivity contribution is -0.0500. The summed E-state index contributed by atoms with van der Waals surface area (Å²) in [5.74, 6) is -3.20. The van der Waals surface area contributed by atoms with E-state index in [0.717, 1.165) is 11.5 Å². The quantitative estimate of drug-likeness (QED) is 0.175. The van der Waals surface area contributed by atoms with Crippen molar-refractivity contribution in [1.29, 1.82) is 0 Å². The third-order valence-electron chi connectivity index (χ3n) is 5.88. The van der Waals surface area contributed by atoms with Crippen molar-refractivity contribution in [2.75, 3.05) is 7.05 Å². The standard InChI is InChI=1S/C21H18F6N4O3S2/c1-10-8-31-16(11(2)30(10)3)7-15(29-31)18-13(6-12(23)4-5-22)17-14(24)9-35-19(17)20(28-18)34-36(32,33)21(25,26)27/h4-7,9-11H,8H2,1-3H3/b5-4+,12-6?. The summed E-state index contributed by atoms with van der Waals surface area (Å²) < 4.78 is 110. The van der Waals surface area contributed by atoms with Crippen molar-refractivity contribution in [3.8, 4) is 17.3 Å². The second-order valence-electron chi connectivity index (χ2n) is 8.10. The fraction of sp³-hybridized carbons (Fsp3) is 0.333. The van der Waals surface area contributed by atoms with Crippen LogP contribution in [0.1, 0.15) is 31.1 Å². The Morgan fingerprint density at radius 3 is 2.64 bits per heavy atom. The van der Waals surface area contributed by atoms with Crippen molar-refractivity contribution in [2.24, 2.45) is 0 Å². The Kier molecular flexibility index (Phi) is 6.68. The molecule has 7 nitrogen and oxygen atoms in total. The fourth-order valence-electron chi connectivity index (χ4n) is 3.86. The van der Waals surface area contributed by atoms with Crippen LogP contribution in [0.3, 0.4) is 0 Å². The molecule has 194 valence electrons. The summed E-state index contributed by atoms with van der Waals surface area (Å²) >= 11 is 0.508. The lowest BCUT2D eigenvalue weighted by Gasteiger charge is -2.36. The van der Waals surface area contributed by atoms with Gasteiger partial charge in [0.25, 0.3) is 5.88 Å². The SMILES string of the molecule is CC1Cn2nc(-c3nc(OS(=O)(=O)C(F)(F)F)c4scc(F)c4c3C=C(F)/C=C/F)cc2C(C)N1C. The zero-order chi connectivity index (χ0) is 26.6. The molecule has 4 heterocycles. The van der Waals surface area contributed by atoms with Gasteiger partial charge >= 0.3 is 15.6 Å². The highest BCUT2D eigenvalue weighted by Gasteiger charge is 2.49. The topological polar surface area (TPSA) is 77.3 Å². The molecule has 0 fully saturated rings. The van der Waals surface area contributed by atoms with E-state index in [-0.39, 0.29) is 35.4 Å². The number of nitrogens with zero attached hydrogens (tertiary/aromatic N) is 4. The number of allylic oxidation sites excluding steroid dienone is 2. The normalized spacial score (nSPS) is 19.9. The second-order valence-corrected chi connectivity index (χ2v) is 10.5. The molecule has 2 unspecified atom stereocenters. The third-order valence-corrected chi connectivity index (χ3v) is 7.76. The van der Waals surface area contributed by atoms with E-state index < -0.39 is 43.2 Å². The van der Waals surface area contributed by atoms with Crippen LogP contribution < -0.4 is 4.18 Å². The van der Waals surface area contributed by atoms with E-state index in [0.29, 0.717) is 29.7 Å². The maximum atomic E-state index is 14.9. The summed E-state index contributed by atoms with van der Waals surface area (Å²) in [6.07, 6.45) is 1.08. The van der Waals surface area contributed by atoms with Gasteiger partial charge in [-0.1, -0.05) is 0 Å². The predicted octanol–water partition coefficient (Wildman–Crippen LogP) is 5.72. The van der Waals surface area contributed by atoms with Crippen molar-refractivity contribution in [3.63, 3.8) is 0 Å². The molecule has 0 aliphatic carbocycles. The molecule has 0 bridgehead atoms. The number of hydrogen-bond donors (Lipinski definition) is 0. The highest BCUT2D eigenvalue weighted by atomic mass is 32.2. The Hall–Kier alpha value is -2.91. The van der Waals surface area contributed by atoms with Crippen LogP contribution in [0.5, 0.6) is 5.88 Å². The van der Waals surface area contributed by atoms with Gasteiger partial charge in [0.15, 0.2) is 0 Å². The molecule has 0 saturated heterocycles. The molecule has 0 saturated carbocycles. The third kappa shape index (κ3) is 4.50. The Morgan fingerprint density at radius 2 is 2.00 bits per heavy atom. The first-order chi connectivity index (χ1) is 16.7. The summed E-state index contributed by atoms with van der Waals surface area (Å²) in [6.45, 7) is 4.27. The Bertz CT molecular complexity index is 1490. The number of hydrogen-bond acceptors (Lipinski definition) is 7. The van der Waals surface area contributed by atoms with Crippen molar-refractivity contribution < 1.29 is 38.9 Å². The molecular formula is C21H18F6N4O3S2. The summed E-state index contributed by atoms with van der Waals surface area (Å²) in [4.78, 5) is 5.98. The number of alkyl halides is 3. The summed E-state index contributed by atoms with van der Waals surface area (Å²) in [5, 5.41) is 4.84. The van der Waals surface area contributed by atoms with Gasteiger partial charge in [0, 0.05) is 34.5 Å². The van der Waals surface area contributed by atoms with E-state index in [1.807, 2.05) is 25.8 Å². The largest absolute Gasteiger partial charge is 0.534 e. The van der Waals surface area contributed by atoms with Gasteiger partial charge in [-0.05, 0) is 33.0 Å². The van der Waals surface area contributed by atoms with Crippen LogP contribution in [0, 0.1) is 5.82 Å². The van der Waals surface area contributed by atoms with Gasteiger partial charge in [-0.25, -0.2) is 18.2 Å². The summed E-state index contributed by atoms with van der Waals surface area (Å²) in [6, 6.07) is 1.45. The van der Waals surface area contributed by atoms with E-state index in [2.05, 4.69) is 14.3 Å². The highest BCUT2D eigenvalue weighted by Crippen LogP contribution is 2.42. The second kappa shape index (κ2) is 9.19. The molecule has 0 N–H and O–H groups in total. The van der Waals surface area contributed by atoms with Crippen LogP contribution in [0.2, 0.25) is 0 Å². The molecule has 1 aliphatic heterocycles. The average molecular weight is 553 g/mol. The molecule has 15 heteroatoms. The Labute approximate surface area is 205 Å². The molecule has 0 amide bonds. The van der Waals surface area contributed by atoms with E-state index in [1.54, 1.807) is 4.68 Å². The number of pyridine rings is 1. The number of likely N-dealkylation sites (N-methyl/N-ethyl adjacent to an activating group) is 1. The van der Waals surface area contributed by atoms with Crippen molar-refractivity contribution in [2.45, 2.75) is 38.0 Å². The minimum absolute atomic E-state index is 0.00406. The van der Waals surface area contributed by atoms with Crippen LogP contribution in [0.4, 0.5) is 26.3 Å². The number of rotatable bonds is 5. The van der Waals surface area contributed by atoms with E-state index in [4.69, 9.17) is 0 Å². The lowest BCUT2D eigenvalue weighted by atomic mass is 10.0. The fourth-order valence-corrected chi connectivity index (χ4v) is 5.19. The van der Waals surface area contributed by atoms with Crippen LogP contribution in [0.25, 0.3) is 27.6 Å². The molecule has 3 aromatic heterocycles. The van der Waals surface area contributed by atoms with Crippen molar-refractivity contribution in [1.82, 2.24) is 19.7 Å². The molecule has 2 atom stereocenters. The average Bonchev–Trinajstić information content (AvgIpc) is 3.37. The summed E-state index contributed by atoms with van der Waals surface area (Å²) in [7, 11) is -4.28. The van der Waals surface area contributed by atoms with E-state index >= 15 is 0 Å². The van der Waals surface area contributed by atoms with Crippen LogP contribution in [-0.2, 0) is 16.7 Å². The molecule has 0 aromatic carbocycles. The first-order valence-electron chi connectivity index (χ1n) is 10.3. The number of fused-ring (bicyclic) bond motifs is 2. The van der Waals surface area contributed by atoms with Gasteiger partial charge in [0.05, 0.1) is 18.6 Å². The lowest BCUT2D eigenvalue weighted by Crippen LogP contribution is -2.40. The predicted molar refractivity (Wildman–Crippen MR) is 121 cm³/mol. The van der Waals surface area contributed by atoms with E-state index in [1.165, 1.54) is 6.07 Å². The van der Waals surface area contributed by atoms with Gasteiger partial charge in [0.2, 0.25) is 0 Å². The molecule has 1 aliphatic rings. The number of thiophene rings is 1. The molecule has 0 radical (unpaired) electrons. The van der Waals surface area contributed by atoms with Gasteiger partial charge in [0.1, 0.15) is 27.7 Å². The van der Waals surface area contributed by atoms with Gasteiger partial charge in [-0.2, -0.15) is 26.7 Å². The maximum Gasteiger partial charge on any atom is 0.534 e. The maximum absolute atomic E-state index is 14.9. The van der Waals surface area contributed by atoms with Crippen LogP contribution in [-0.4, -0.2) is 46.7 Å². The zero-order valence-corrected chi connectivity index (χ0v) is 20.5. The van der Waals surface area contributed by atoms with Crippen molar-refractivity contribution >= 4 is 37.6 Å². The molecule has 3 aromatic rings. The minimum atomic E-state index is -6.16.